The summed E-state index contributed by atoms with van der Waals surface area (Å²) in [7, 11) is 1.62. The molecule has 1 aliphatic heterocycles. The van der Waals surface area contributed by atoms with Crippen molar-refractivity contribution in [3.63, 3.8) is 0 Å². The van der Waals surface area contributed by atoms with Crippen LogP contribution in [-0.2, 0) is 4.79 Å². The van der Waals surface area contributed by atoms with Gasteiger partial charge in [0.25, 0.3) is 0 Å². The zero-order chi connectivity index (χ0) is 11.7. The number of anilines is 1. The van der Waals surface area contributed by atoms with E-state index in [9.17, 15) is 4.79 Å². The summed E-state index contributed by atoms with van der Waals surface area (Å²) < 4.78 is 5.41. The number of fused-ring (bicyclic) bond motifs is 1. The molecule has 2 N–H and O–H groups in total. The van der Waals surface area contributed by atoms with Crippen LogP contribution in [0.25, 0.3) is 0 Å². The highest BCUT2D eigenvalue weighted by molar-refractivity contribution is 5.99. The van der Waals surface area contributed by atoms with Crippen molar-refractivity contribution in [3.05, 3.63) is 23.8 Å². The summed E-state index contributed by atoms with van der Waals surface area (Å²) in [4.78, 5) is 13.2. The van der Waals surface area contributed by atoms with E-state index in [4.69, 9.17) is 15.7 Å². The van der Waals surface area contributed by atoms with E-state index in [2.05, 4.69) is 0 Å². The van der Waals surface area contributed by atoms with Crippen molar-refractivity contribution < 1.29 is 9.53 Å². The van der Waals surface area contributed by atoms with Gasteiger partial charge in [0.15, 0.2) is 5.75 Å². The van der Waals surface area contributed by atoms with E-state index in [1.54, 1.807) is 25.2 Å². The van der Waals surface area contributed by atoms with Crippen molar-refractivity contribution in [1.82, 2.24) is 0 Å². The van der Waals surface area contributed by atoms with E-state index < -0.39 is 6.04 Å². The molecular weight excluding hydrogens is 206 g/mol. The second-order valence-corrected chi connectivity index (χ2v) is 3.58. The number of ether oxygens (including phenoxy) is 1. The zero-order valence-corrected chi connectivity index (χ0v) is 8.80. The molecule has 2 rings (SSSR count). The average Bonchev–Trinajstić information content (AvgIpc) is 2.42. The maximum absolute atomic E-state index is 11.7. The largest absolute Gasteiger partial charge is 0.488 e. The molecule has 1 aromatic rings. The van der Waals surface area contributed by atoms with Crippen LogP contribution in [0.5, 0.6) is 5.75 Å². The van der Waals surface area contributed by atoms with Gasteiger partial charge in [-0.25, -0.2) is 0 Å². The number of rotatable bonds is 0. The van der Waals surface area contributed by atoms with Crippen LogP contribution in [0.15, 0.2) is 18.2 Å². The molecule has 1 heterocycles. The van der Waals surface area contributed by atoms with Gasteiger partial charge in [0.2, 0.25) is 5.91 Å². The van der Waals surface area contributed by atoms with E-state index in [0.717, 1.165) is 0 Å². The van der Waals surface area contributed by atoms with Crippen molar-refractivity contribution in [2.45, 2.75) is 6.04 Å². The molecule has 1 unspecified atom stereocenters. The van der Waals surface area contributed by atoms with Crippen molar-refractivity contribution in [2.24, 2.45) is 5.73 Å². The Balaban J connectivity index is 2.56. The van der Waals surface area contributed by atoms with Gasteiger partial charge in [-0.1, -0.05) is 6.07 Å². The van der Waals surface area contributed by atoms with Crippen molar-refractivity contribution in [1.29, 1.82) is 5.26 Å². The first kappa shape index (κ1) is 10.5. The number of para-hydroxylation sites is 1. The summed E-state index contributed by atoms with van der Waals surface area (Å²) in [5, 5.41) is 8.94. The van der Waals surface area contributed by atoms with Crippen LogP contribution >= 0.6 is 0 Å². The third-order valence-electron chi connectivity index (χ3n) is 2.53. The van der Waals surface area contributed by atoms with Gasteiger partial charge >= 0.3 is 0 Å². The summed E-state index contributed by atoms with van der Waals surface area (Å²) >= 11 is 0. The molecule has 0 saturated carbocycles. The Labute approximate surface area is 93.0 Å². The Bertz CT molecular complexity index is 479. The fraction of sp³-hybridized carbons (Fsp3) is 0.273. The molecule has 5 heteroatoms. The van der Waals surface area contributed by atoms with Gasteiger partial charge in [0, 0.05) is 7.05 Å². The van der Waals surface area contributed by atoms with Crippen LogP contribution in [0.3, 0.4) is 0 Å². The molecule has 1 atom stereocenters. The van der Waals surface area contributed by atoms with E-state index in [1.807, 2.05) is 6.07 Å². The average molecular weight is 217 g/mol. The lowest BCUT2D eigenvalue weighted by atomic mass is 10.1. The molecule has 0 spiro atoms. The van der Waals surface area contributed by atoms with Crippen LogP contribution < -0.4 is 15.4 Å². The Morgan fingerprint density at radius 3 is 3.06 bits per heavy atom. The third kappa shape index (κ3) is 1.49. The zero-order valence-electron chi connectivity index (χ0n) is 8.80. The van der Waals surface area contributed by atoms with Gasteiger partial charge in [0.1, 0.15) is 18.7 Å². The smallest absolute Gasteiger partial charge is 0.247 e. The molecular formula is C11H11N3O2. The molecule has 5 nitrogen and oxygen atoms in total. The molecule has 0 saturated heterocycles. The monoisotopic (exact) mass is 217 g/mol. The molecule has 1 aromatic carbocycles. The van der Waals surface area contributed by atoms with E-state index in [1.165, 1.54) is 4.90 Å². The maximum atomic E-state index is 11.7. The highest BCUT2D eigenvalue weighted by Gasteiger charge is 2.27. The quantitative estimate of drug-likeness (QED) is 0.675. The summed E-state index contributed by atoms with van der Waals surface area (Å²) in [6.07, 6.45) is 0. The number of nitriles is 1. The normalized spacial score (nSPS) is 19.4. The first-order valence-electron chi connectivity index (χ1n) is 4.84. The molecule has 1 aliphatic rings. The molecule has 16 heavy (non-hydrogen) atoms. The van der Waals surface area contributed by atoms with E-state index in [-0.39, 0.29) is 12.5 Å². The minimum atomic E-state index is -0.691. The lowest BCUT2D eigenvalue weighted by Crippen LogP contribution is -2.43. The number of carbonyl (C=O) groups is 1. The predicted molar refractivity (Wildman–Crippen MR) is 58.0 cm³/mol. The number of nitrogens with two attached hydrogens (primary N) is 1. The van der Waals surface area contributed by atoms with Gasteiger partial charge in [-0.3, -0.25) is 4.79 Å². The van der Waals surface area contributed by atoms with Crippen LogP contribution in [0.1, 0.15) is 5.56 Å². The molecule has 0 aliphatic carbocycles. The Kier molecular flexibility index (Phi) is 2.50. The number of carbonyl (C=O) groups excluding carboxylic acids is 1. The topological polar surface area (TPSA) is 79.3 Å². The standard InChI is InChI=1S/C11H11N3O2/c1-14-9-4-2-3-7(5-12)10(9)16-6-8(13)11(14)15/h2-4,8H,6,13H2,1H3. The fourth-order valence-electron chi connectivity index (χ4n) is 1.64. The minimum Gasteiger partial charge on any atom is -0.488 e. The molecule has 0 aromatic heterocycles. The molecule has 0 bridgehead atoms. The Morgan fingerprint density at radius 1 is 1.62 bits per heavy atom. The predicted octanol–water partition coefficient (Wildman–Crippen LogP) is 0.241. The molecule has 0 radical (unpaired) electrons. The van der Waals surface area contributed by atoms with Gasteiger partial charge in [-0.15, -0.1) is 0 Å². The Hall–Kier alpha value is -2.06. The maximum Gasteiger partial charge on any atom is 0.247 e. The number of hydrogen-bond acceptors (Lipinski definition) is 4. The van der Waals surface area contributed by atoms with Crippen LogP contribution in [-0.4, -0.2) is 25.6 Å². The number of likely N-dealkylation sites (N-methyl/N-ethyl adjacent to an activating group) is 1. The summed E-state index contributed by atoms with van der Waals surface area (Å²) in [6, 6.07) is 6.42. The van der Waals surface area contributed by atoms with Crippen LogP contribution in [0.2, 0.25) is 0 Å². The second-order valence-electron chi connectivity index (χ2n) is 3.58. The Morgan fingerprint density at radius 2 is 2.38 bits per heavy atom. The lowest BCUT2D eigenvalue weighted by Gasteiger charge is -2.17. The number of amides is 1. The van der Waals surface area contributed by atoms with Crippen molar-refractivity contribution >= 4 is 11.6 Å². The molecule has 1 amide bonds. The molecule has 82 valence electrons. The van der Waals surface area contributed by atoms with E-state index in [0.29, 0.717) is 17.0 Å². The van der Waals surface area contributed by atoms with Gasteiger partial charge in [0.05, 0.1) is 11.3 Å². The third-order valence-corrected chi connectivity index (χ3v) is 2.53. The lowest BCUT2D eigenvalue weighted by molar-refractivity contribution is -0.119. The van der Waals surface area contributed by atoms with Crippen molar-refractivity contribution in [3.8, 4) is 11.8 Å². The van der Waals surface area contributed by atoms with Gasteiger partial charge in [-0.05, 0) is 12.1 Å². The van der Waals surface area contributed by atoms with E-state index >= 15 is 0 Å². The number of hydrogen-bond donors (Lipinski definition) is 1. The molecule has 0 fully saturated rings. The van der Waals surface area contributed by atoms with Crippen LogP contribution in [0, 0.1) is 11.3 Å². The fourth-order valence-corrected chi connectivity index (χ4v) is 1.64. The van der Waals surface area contributed by atoms with Gasteiger partial charge < -0.3 is 15.4 Å². The number of benzene rings is 1. The second kappa shape index (κ2) is 3.83. The number of nitrogens with zero attached hydrogens (tertiary/aromatic N) is 2. The first-order valence-corrected chi connectivity index (χ1v) is 4.84. The summed E-state index contributed by atoms with van der Waals surface area (Å²) in [6.45, 7) is 0.0921. The highest BCUT2D eigenvalue weighted by Crippen LogP contribution is 2.33. The van der Waals surface area contributed by atoms with Gasteiger partial charge in [-0.2, -0.15) is 5.26 Å². The van der Waals surface area contributed by atoms with Crippen molar-refractivity contribution in [2.75, 3.05) is 18.6 Å². The minimum absolute atomic E-state index is 0.0921. The summed E-state index contributed by atoms with van der Waals surface area (Å²) in [5.74, 6) is 0.211. The summed E-state index contributed by atoms with van der Waals surface area (Å²) in [5.41, 5.74) is 6.63. The highest BCUT2D eigenvalue weighted by atomic mass is 16.5. The SMILES string of the molecule is CN1C(=O)C(N)COc2c(C#N)cccc21. The first-order chi connectivity index (χ1) is 7.65. The van der Waals surface area contributed by atoms with Crippen LogP contribution in [0.4, 0.5) is 5.69 Å².